The minimum absolute atomic E-state index is 0.404. The number of carbonyl (C=O) groups excluding carboxylic acids is 1. The Balaban J connectivity index is 2.75. The molecule has 2 N–H and O–H groups in total. The Hall–Kier alpha value is -1.75. The number of primary amides is 1. The summed E-state index contributed by atoms with van der Waals surface area (Å²) in [7, 11) is 5.46. The van der Waals surface area contributed by atoms with Crippen LogP contribution in [0.1, 0.15) is 10.4 Å². The summed E-state index contributed by atoms with van der Waals surface area (Å²) in [5.41, 5.74) is 5.59. The molecule has 17 heavy (non-hydrogen) atoms. The summed E-state index contributed by atoms with van der Waals surface area (Å²) in [6.45, 7) is 1.36. The van der Waals surface area contributed by atoms with Crippen molar-refractivity contribution in [3.05, 3.63) is 23.8 Å². The van der Waals surface area contributed by atoms with Crippen molar-refractivity contribution in [3.8, 4) is 11.5 Å². The van der Waals surface area contributed by atoms with Gasteiger partial charge in [0.05, 0.1) is 7.11 Å². The van der Waals surface area contributed by atoms with Gasteiger partial charge in [-0.15, -0.1) is 0 Å². The third-order valence-corrected chi connectivity index (χ3v) is 2.24. The highest BCUT2D eigenvalue weighted by molar-refractivity contribution is 5.93. The molecule has 0 heterocycles. The average molecular weight is 238 g/mol. The number of nitrogens with zero attached hydrogens (tertiary/aromatic N) is 1. The quantitative estimate of drug-likeness (QED) is 0.793. The normalized spacial score (nSPS) is 10.4. The van der Waals surface area contributed by atoms with Crippen LogP contribution in [0.15, 0.2) is 18.2 Å². The van der Waals surface area contributed by atoms with Crippen molar-refractivity contribution in [2.24, 2.45) is 5.73 Å². The van der Waals surface area contributed by atoms with E-state index in [4.69, 9.17) is 15.2 Å². The molecule has 0 atom stereocenters. The van der Waals surface area contributed by atoms with Gasteiger partial charge in [0.25, 0.3) is 0 Å². The van der Waals surface area contributed by atoms with Crippen LogP contribution in [0.5, 0.6) is 11.5 Å². The average Bonchev–Trinajstić information content (AvgIpc) is 2.28. The van der Waals surface area contributed by atoms with Crippen molar-refractivity contribution in [3.63, 3.8) is 0 Å². The Labute approximate surface area is 101 Å². The van der Waals surface area contributed by atoms with Crippen LogP contribution < -0.4 is 15.2 Å². The lowest BCUT2D eigenvalue weighted by Crippen LogP contribution is -2.19. The van der Waals surface area contributed by atoms with Gasteiger partial charge in [-0.25, -0.2) is 0 Å². The Morgan fingerprint density at radius 3 is 2.59 bits per heavy atom. The largest absolute Gasteiger partial charge is 0.493 e. The Morgan fingerprint density at radius 1 is 1.35 bits per heavy atom. The fraction of sp³-hybridized carbons (Fsp3) is 0.417. The number of amides is 1. The van der Waals surface area contributed by atoms with Gasteiger partial charge in [-0.3, -0.25) is 4.79 Å². The molecule has 0 radical (unpaired) electrons. The van der Waals surface area contributed by atoms with Gasteiger partial charge in [0, 0.05) is 12.1 Å². The number of nitrogens with two attached hydrogens (primary N) is 1. The van der Waals surface area contributed by atoms with Crippen LogP contribution >= 0.6 is 0 Å². The molecule has 1 aromatic carbocycles. The van der Waals surface area contributed by atoms with Crippen molar-refractivity contribution in [1.82, 2.24) is 4.90 Å². The van der Waals surface area contributed by atoms with Crippen LogP contribution in [0.25, 0.3) is 0 Å². The van der Waals surface area contributed by atoms with Crippen molar-refractivity contribution in [2.45, 2.75) is 0 Å². The van der Waals surface area contributed by atoms with Gasteiger partial charge in [-0.1, -0.05) is 0 Å². The first kappa shape index (κ1) is 13.3. The molecule has 94 valence electrons. The van der Waals surface area contributed by atoms with E-state index >= 15 is 0 Å². The molecular weight excluding hydrogens is 220 g/mol. The standard InChI is InChI=1S/C12H18N2O3/c1-14(2)6-7-17-10-5-4-9(12(13)15)8-11(10)16-3/h4-5,8H,6-7H2,1-3H3,(H2,13,15). The van der Waals surface area contributed by atoms with Gasteiger partial charge in [-0.2, -0.15) is 0 Å². The minimum Gasteiger partial charge on any atom is -0.493 e. The van der Waals surface area contributed by atoms with E-state index in [-0.39, 0.29) is 0 Å². The third-order valence-electron chi connectivity index (χ3n) is 2.24. The predicted octanol–water partition coefficient (Wildman–Crippen LogP) is 0.734. The van der Waals surface area contributed by atoms with Gasteiger partial charge in [0.2, 0.25) is 5.91 Å². The lowest BCUT2D eigenvalue weighted by Gasteiger charge is -2.13. The summed E-state index contributed by atoms with van der Waals surface area (Å²) in [5.74, 6) is 0.641. The topological polar surface area (TPSA) is 64.8 Å². The Kier molecular flexibility index (Phi) is 4.78. The number of hydrogen-bond acceptors (Lipinski definition) is 4. The first-order chi connectivity index (χ1) is 8.04. The number of rotatable bonds is 6. The maximum atomic E-state index is 11.0. The van der Waals surface area contributed by atoms with Crippen molar-refractivity contribution in [2.75, 3.05) is 34.4 Å². The van der Waals surface area contributed by atoms with Crippen LogP contribution in [0.2, 0.25) is 0 Å². The van der Waals surface area contributed by atoms with E-state index in [2.05, 4.69) is 0 Å². The summed E-state index contributed by atoms with van der Waals surface area (Å²) in [4.78, 5) is 13.0. The van der Waals surface area contributed by atoms with E-state index in [9.17, 15) is 4.79 Å². The zero-order chi connectivity index (χ0) is 12.8. The molecule has 0 aromatic heterocycles. The second-order valence-electron chi connectivity index (χ2n) is 3.88. The molecule has 1 aromatic rings. The Bertz CT molecular complexity index is 391. The Morgan fingerprint density at radius 2 is 2.06 bits per heavy atom. The first-order valence-corrected chi connectivity index (χ1v) is 5.30. The molecule has 5 heteroatoms. The second-order valence-corrected chi connectivity index (χ2v) is 3.88. The fourth-order valence-corrected chi connectivity index (χ4v) is 1.28. The minimum atomic E-state index is -0.483. The lowest BCUT2D eigenvalue weighted by atomic mass is 10.2. The zero-order valence-corrected chi connectivity index (χ0v) is 10.4. The molecule has 0 aliphatic rings. The van der Waals surface area contributed by atoms with E-state index in [1.54, 1.807) is 18.2 Å². The fourth-order valence-electron chi connectivity index (χ4n) is 1.28. The number of methoxy groups -OCH3 is 1. The van der Waals surface area contributed by atoms with Gasteiger partial charge in [0.15, 0.2) is 11.5 Å². The molecule has 0 fully saturated rings. The highest BCUT2D eigenvalue weighted by Gasteiger charge is 2.08. The molecular formula is C12H18N2O3. The first-order valence-electron chi connectivity index (χ1n) is 5.30. The number of benzene rings is 1. The molecule has 0 aliphatic heterocycles. The van der Waals surface area contributed by atoms with Crippen LogP contribution in [0, 0.1) is 0 Å². The molecule has 5 nitrogen and oxygen atoms in total. The zero-order valence-electron chi connectivity index (χ0n) is 10.4. The molecule has 0 bridgehead atoms. The number of likely N-dealkylation sites (N-methyl/N-ethyl adjacent to an activating group) is 1. The molecule has 0 spiro atoms. The molecule has 1 rings (SSSR count). The number of hydrogen-bond donors (Lipinski definition) is 1. The lowest BCUT2D eigenvalue weighted by molar-refractivity contribution is 0.1000. The van der Waals surface area contributed by atoms with E-state index < -0.39 is 5.91 Å². The van der Waals surface area contributed by atoms with Crippen LogP contribution in [-0.2, 0) is 0 Å². The number of carbonyl (C=O) groups is 1. The van der Waals surface area contributed by atoms with Gasteiger partial charge >= 0.3 is 0 Å². The van der Waals surface area contributed by atoms with Crippen LogP contribution in [0.4, 0.5) is 0 Å². The van der Waals surface area contributed by atoms with Crippen molar-refractivity contribution < 1.29 is 14.3 Å². The molecule has 0 saturated heterocycles. The van der Waals surface area contributed by atoms with Crippen LogP contribution in [-0.4, -0.2) is 45.2 Å². The number of ether oxygens (including phenoxy) is 2. The maximum absolute atomic E-state index is 11.0. The summed E-state index contributed by atoms with van der Waals surface area (Å²) in [6.07, 6.45) is 0. The van der Waals surface area contributed by atoms with Gasteiger partial charge in [-0.05, 0) is 32.3 Å². The van der Waals surface area contributed by atoms with E-state index in [0.717, 1.165) is 6.54 Å². The molecule has 0 saturated carbocycles. The smallest absolute Gasteiger partial charge is 0.248 e. The molecule has 1 amide bonds. The second kappa shape index (κ2) is 6.10. The summed E-state index contributed by atoms with van der Waals surface area (Å²) in [6, 6.07) is 4.89. The highest BCUT2D eigenvalue weighted by atomic mass is 16.5. The third kappa shape index (κ3) is 3.96. The SMILES string of the molecule is COc1cc(C(N)=O)ccc1OCCN(C)C. The maximum Gasteiger partial charge on any atom is 0.248 e. The van der Waals surface area contributed by atoms with Gasteiger partial charge in [0.1, 0.15) is 6.61 Å². The van der Waals surface area contributed by atoms with Crippen molar-refractivity contribution in [1.29, 1.82) is 0 Å². The monoisotopic (exact) mass is 238 g/mol. The van der Waals surface area contributed by atoms with E-state index in [1.165, 1.54) is 7.11 Å². The highest BCUT2D eigenvalue weighted by Crippen LogP contribution is 2.27. The summed E-state index contributed by atoms with van der Waals surface area (Å²) < 4.78 is 10.7. The van der Waals surface area contributed by atoms with Crippen molar-refractivity contribution >= 4 is 5.91 Å². The molecule has 0 aliphatic carbocycles. The predicted molar refractivity (Wildman–Crippen MR) is 65.6 cm³/mol. The molecule has 0 unspecified atom stereocenters. The van der Waals surface area contributed by atoms with E-state index in [0.29, 0.717) is 23.7 Å². The van der Waals surface area contributed by atoms with Gasteiger partial charge < -0.3 is 20.1 Å². The van der Waals surface area contributed by atoms with Crippen LogP contribution in [0.3, 0.4) is 0 Å². The summed E-state index contributed by atoms with van der Waals surface area (Å²) >= 11 is 0. The van der Waals surface area contributed by atoms with E-state index in [1.807, 2.05) is 19.0 Å². The summed E-state index contributed by atoms with van der Waals surface area (Å²) in [5, 5.41) is 0.